The van der Waals surface area contributed by atoms with Gasteiger partial charge in [0.15, 0.2) is 0 Å². The molecular weight excluding hydrogens is 280 g/mol. The summed E-state index contributed by atoms with van der Waals surface area (Å²) >= 11 is 0. The summed E-state index contributed by atoms with van der Waals surface area (Å²) in [4.78, 5) is 0. The summed E-state index contributed by atoms with van der Waals surface area (Å²) in [5.74, 6) is 0. The summed E-state index contributed by atoms with van der Waals surface area (Å²) in [6.07, 6.45) is 0.769. The van der Waals surface area contributed by atoms with Crippen LogP contribution in [0, 0.1) is 0 Å². The molecule has 0 saturated heterocycles. The Morgan fingerprint density at radius 1 is 0.652 bits per heavy atom. The van der Waals surface area contributed by atoms with Crippen LogP contribution < -0.4 is 11.5 Å². The summed E-state index contributed by atoms with van der Waals surface area (Å²) in [6.45, 7) is 13.1. The first-order valence-corrected chi connectivity index (χ1v) is 8.27. The molecule has 2 aromatic rings. The molecule has 2 nitrogen and oxygen atoms in total. The average Bonchev–Trinajstić information content (AvgIpc) is 2.40. The van der Waals surface area contributed by atoms with Gasteiger partial charge in [0, 0.05) is 17.8 Å². The summed E-state index contributed by atoms with van der Waals surface area (Å²) in [5, 5.41) is 0. The summed E-state index contributed by atoms with van der Waals surface area (Å²) < 4.78 is 0. The molecule has 2 heteroatoms. The molecule has 23 heavy (non-hydrogen) atoms. The maximum absolute atomic E-state index is 6.45. The Morgan fingerprint density at radius 3 is 1.30 bits per heavy atom. The van der Waals surface area contributed by atoms with Crippen molar-refractivity contribution in [3.63, 3.8) is 0 Å². The van der Waals surface area contributed by atoms with Crippen molar-refractivity contribution in [2.45, 2.75) is 58.8 Å². The molecule has 0 aromatic heterocycles. The van der Waals surface area contributed by atoms with E-state index >= 15 is 0 Å². The van der Waals surface area contributed by atoms with Crippen molar-refractivity contribution >= 4 is 11.4 Å². The summed E-state index contributed by atoms with van der Waals surface area (Å²) in [6, 6.07) is 12.6. The van der Waals surface area contributed by atoms with E-state index in [1.807, 2.05) is 0 Å². The molecule has 0 amide bonds. The van der Waals surface area contributed by atoms with Gasteiger partial charge in [0.05, 0.1) is 0 Å². The standard InChI is InChI=1S/C21H30N2/c1-20(2,3)16-11-7-9-14(18(16)22)13-15-10-8-12-17(19(15)23)21(4,5)6/h7-12H,13,22-23H2,1-6H3. The molecule has 0 radical (unpaired) electrons. The average molecular weight is 310 g/mol. The first-order valence-electron chi connectivity index (χ1n) is 8.27. The topological polar surface area (TPSA) is 52.0 Å². The van der Waals surface area contributed by atoms with Crippen LogP contribution in [0.4, 0.5) is 11.4 Å². The van der Waals surface area contributed by atoms with E-state index in [4.69, 9.17) is 11.5 Å². The van der Waals surface area contributed by atoms with Gasteiger partial charge in [0.2, 0.25) is 0 Å². The second-order valence-electron chi connectivity index (χ2n) is 8.43. The first-order chi connectivity index (χ1) is 10.5. The third-order valence-corrected chi connectivity index (χ3v) is 4.39. The van der Waals surface area contributed by atoms with Crippen molar-refractivity contribution in [3.8, 4) is 0 Å². The van der Waals surface area contributed by atoms with Crippen molar-refractivity contribution < 1.29 is 0 Å². The Morgan fingerprint density at radius 2 is 1.00 bits per heavy atom. The van der Waals surface area contributed by atoms with E-state index < -0.39 is 0 Å². The number of rotatable bonds is 2. The summed E-state index contributed by atoms with van der Waals surface area (Å²) in [7, 11) is 0. The zero-order valence-corrected chi connectivity index (χ0v) is 15.3. The maximum Gasteiger partial charge on any atom is 0.0387 e. The molecule has 0 spiro atoms. The largest absolute Gasteiger partial charge is 0.398 e. The van der Waals surface area contributed by atoms with E-state index in [-0.39, 0.29) is 10.8 Å². The van der Waals surface area contributed by atoms with Crippen LogP contribution in [0.2, 0.25) is 0 Å². The number of para-hydroxylation sites is 2. The van der Waals surface area contributed by atoms with Crippen molar-refractivity contribution in [3.05, 3.63) is 58.7 Å². The van der Waals surface area contributed by atoms with Gasteiger partial charge in [0.1, 0.15) is 0 Å². The van der Waals surface area contributed by atoms with Gasteiger partial charge in [-0.1, -0.05) is 77.9 Å². The minimum atomic E-state index is 0.0406. The zero-order chi connectivity index (χ0) is 17.4. The van der Waals surface area contributed by atoms with E-state index in [2.05, 4.69) is 77.9 Å². The lowest BCUT2D eigenvalue weighted by Crippen LogP contribution is -2.16. The third kappa shape index (κ3) is 3.69. The van der Waals surface area contributed by atoms with Crippen LogP contribution in [-0.4, -0.2) is 0 Å². The van der Waals surface area contributed by atoms with Crippen LogP contribution >= 0.6 is 0 Å². The van der Waals surface area contributed by atoms with Gasteiger partial charge < -0.3 is 11.5 Å². The quantitative estimate of drug-likeness (QED) is 0.764. The minimum absolute atomic E-state index is 0.0406. The second kappa shape index (κ2) is 5.92. The van der Waals surface area contributed by atoms with Gasteiger partial charge in [-0.2, -0.15) is 0 Å². The number of hydrogen-bond acceptors (Lipinski definition) is 2. The van der Waals surface area contributed by atoms with Crippen LogP contribution in [-0.2, 0) is 17.3 Å². The lowest BCUT2D eigenvalue weighted by molar-refractivity contribution is 0.591. The normalized spacial score (nSPS) is 12.4. The highest BCUT2D eigenvalue weighted by atomic mass is 14.6. The number of nitrogens with two attached hydrogens (primary N) is 2. The molecule has 0 heterocycles. The van der Waals surface area contributed by atoms with Crippen molar-refractivity contribution in [2.24, 2.45) is 0 Å². The molecule has 2 rings (SSSR count). The predicted molar refractivity (Wildman–Crippen MR) is 102 cm³/mol. The van der Waals surface area contributed by atoms with Crippen molar-refractivity contribution in [2.75, 3.05) is 11.5 Å². The van der Waals surface area contributed by atoms with Gasteiger partial charge >= 0.3 is 0 Å². The highest BCUT2D eigenvalue weighted by Gasteiger charge is 2.21. The maximum atomic E-state index is 6.45. The van der Waals surface area contributed by atoms with E-state index in [9.17, 15) is 0 Å². The van der Waals surface area contributed by atoms with E-state index in [1.165, 1.54) is 11.1 Å². The lowest BCUT2D eigenvalue weighted by atomic mass is 9.82. The van der Waals surface area contributed by atoms with Gasteiger partial charge in [-0.25, -0.2) is 0 Å². The van der Waals surface area contributed by atoms with Gasteiger partial charge in [-0.15, -0.1) is 0 Å². The molecule has 4 N–H and O–H groups in total. The Bertz CT molecular complexity index is 639. The molecule has 2 aromatic carbocycles. The molecule has 0 atom stereocenters. The van der Waals surface area contributed by atoms with E-state index in [0.717, 1.165) is 28.9 Å². The SMILES string of the molecule is CC(C)(C)c1cccc(Cc2cccc(C(C)(C)C)c2N)c1N. The molecule has 0 fully saturated rings. The fourth-order valence-corrected chi connectivity index (χ4v) is 3.05. The predicted octanol–water partition coefficient (Wildman–Crippen LogP) is 5.04. The van der Waals surface area contributed by atoms with Crippen LogP contribution in [0.5, 0.6) is 0 Å². The molecular formula is C21H30N2. The molecule has 0 aliphatic heterocycles. The fraction of sp³-hybridized carbons (Fsp3) is 0.429. The second-order valence-corrected chi connectivity index (χ2v) is 8.43. The van der Waals surface area contributed by atoms with E-state index in [1.54, 1.807) is 0 Å². The number of nitrogen functional groups attached to an aromatic ring is 2. The van der Waals surface area contributed by atoms with Crippen LogP contribution in [0.1, 0.15) is 63.8 Å². The Hall–Kier alpha value is -1.96. The van der Waals surface area contributed by atoms with Crippen LogP contribution in [0.15, 0.2) is 36.4 Å². The molecule has 0 aliphatic carbocycles. The zero-order valence-electron chi connectivity index (χ0n) is 15.3. The first kappa shape index (κ1) is 17.4. The van der Waals surface area contributed by atoms with Gasteiger partial charge in [0.25, 0.3) is 0 Å². The molecule has 0 aliphatic rings. The highest BCUT2D eigenvalue weighted by molar-refractivity contribution is 5.62. The number of benzene rings is 2. The van der Waals surface area contributed by atoms with Crippen molar-refractivity contribution in [1.29, 1.82) is 0 Å². The molecule has 0 saturated carbocycles. The third-order valence-electron chi connectivity index (χ3n) is 4.39. The van der Waals surface area contributed by atoms with Gasteiger partial charge in [-0.05, 0) is 33.1 Å². The van der Waals surface area contributed by atoms with Gasteiger partial charge in [-0.3, -0.25) is 0 Å². The molecule has 124 valence electrons. The summed E-state index contributed by atoms with van der Waals surface area (Å²) in [5.41, 5.74) is 19.4. The Balaban J connectivity index is 2.46. The van der Waals surface area contributed by atoms with Crippen LogP contribution in [0.3, 0.4) is 0 Å². The highest BCUT2D eigenvalue weighted by Crippen LogP contribution is 2.34. The van der Waals surface area contributed by atoms with Crippen LogP contribution in [0.25, 0.3) is 0 Å². The number of hydrogen-bond donors (Lipinski definition) is 2. The lowest BCUT2D eigenvalue weighted by Gasteiger charge is -2.25. The fourth-order valence-electron chi connectivity index (χ4n) is 3.05. The molecule has 0 unspecified atom stereocenters. The molecule has 0 bridgehead atoms. The smallest absolute Gasteiger partial charge is 0.0387 e. The van der Waals surface area contributed by atoms with E-state index in [0.29, 0.717) is 0 Å². The minimum Gasteiger partial charge on any atom is -0.398 e. The Kier molecular flexibility index (Phi) is 4.48. The monoisotopic (exact) mass is 310 g/mol. The number of anilines is 2. The van der Waals surface area contributed by atoms with Crippen molar-refractivity contribution in [1.82, 2.24) is 0 Å². The Labute approximate surface area is 140 Å².